The van der Waals surface area contributed by atoms with Gasteiger partial charge in [0.1, 0.15) is 5.69 Å². The fourth-order valence-electron chi connectivity index (χ4n) is 3.81. The van der Waals surface area contributed by atoms with Crippen molar-refractivity contribution in [1.29, 1.82) is 0 Å². The van der Waals surface area contributed by atoms with Crippen molar-refractivity contribution >= 4 is 5.69 Å². The number of para-hydroxylation sites is 1. The molecule has 2 aromatic carbocycles. The Morgan fingerprint density at radius 1 is 1.04 bits per heavy atom. The molecule has 0 spiro atoms. The van der Waals surface area contributed by atoms with E-state index in [4.69, 9.17) is 0 Å². The number of aromatic nitrogens is 3. The highest BCUT2D eigenvalue weighted by Gasteiger charge is 2.26. The largest absolute Gasteiger partial charge is 0.370 e. The summed E-state index contributed by atoms with van der Waals surface area (Å²) in [5.41, 5.74) is 7.05. The number of rotatable bonds is 3. The monoisotopic (exact) mass is 332 g/mol. The van der Waals surface area contributed by atoms with Crippen LogP contribution in [0.2, 0.25) is 0 Å². The SMILES string of the molecule is CCCC(C)n1nnc2c1-c1ccccc1CN(C)c1ccccc1-2. The zero-order valence-electron chi connectivity index (χ0n) is 15.1. The molecule has 1 unspecified atom stereocenters. The first-order valence-electron chi connectivity index (χ1n) is 9.04. The summed E-state index contributed by atoms with van der Waals surface area (Å²) in [7, 11) is 2.14. The van der Waals surface area contributed by atoms with E-state index in [2.05, 4.69) is 89.3 Å². The Labute approximate surface area is 149 Å². The Morgan fingerprint density at radius 2 is 1.76 bits per heavy atom. The maximum Gasteiger partial charge on any atom is 0.123 e. The molecule has 4 nitrogen and oxygen atoms in total. The van der Waals surface area contributed by atoms with Crippen LogP contribution >= 0.6 is 0 Å². The minimum absolute atomic E-state index is 0.332. The van der Waals surface area contributed by atoms with Crippen LogP contribution in [0.1, 0.15) is 38.3 Å². The van der Waals surface area contributed by atoms with Crippen molar-refractivity contribution in [3.63, 3.8) is 0 Å². The van der Waals surface area contributed by atoms with Gasteiger partial charge >= 0.3 is 0 Å². The lowest BCUT2D eigenvalue weighted by molar-refractivity contribution is 0.447. The second-order valence-electron chi connectivity index (χ2n) is 6.90. The van der Waals surface area contributed by atoms with Gasteiger partial charge in [0.25, 0.3) is 0 Å². The van der Waals surface area contributed by atoms with Crippen molar-refractivity contribution in [2.24, 2.45) is 0 Å². The number of anilines is 1. The fraction of sp³-hybridized carbons (Fsp3) is 0.333. The second kappa shape index (κ2) is 6.36. The van der Waals surface area contributed by atoms with Crippen molar-refractivity contribution in [2.45, 2.75) is 39.3 Å². The molecule has 2 heterocycles. The number of nitrogens with zero attached hydrogens (tertiary/aromatic N) is 4. The van der Waals surface area contributed by atoms with Crippen LogP contribution in [0.15, 0.2) is 48.5 Å². The Balaban J connectivity index is 2.02. The highest BCUT2D eigenvalue weighted by molar-refractivity contribution is 5.87. The van der Waals surface area contributed by atoms with E-state index in [0.717, 1.165) is 36.3 Å². The smallest absolute Gasteiger partial charge is 0.123 e. The van der Waals surface area contributed by atoms with Gasteiger partial charge in [-0.25, -0.2) is 4.68 Å². The maximum absolute atomic E-state index is 4.62. The molecule has 3 aromatic rings. The van der Waals surface area contributed by atoms with Crippen LogP contribution in [0.25, 0.3) is 22.5 Å². The molecule has 1 aliphatic rings. The van der Waals surface area contributed by atoms with Gasteiger partial charge in [-0.3, -0.25) is 0 Å². The molecule has 0 saturated carbocycles. The van der Waals surface area contributed by atoms with Crippen LogP contribution in [0.5, 0.6) is 0 Å². The Morgan fingerprint density at radius 3 is 2.56 bits per heavy atom. The number of fused-ring (bicyclic) bond motifs is 5. The molecular formula is C21H24N4. The van der Waals surface area contributed by atoms with Crippen molar-refractivity contribution in [3.8, 4) is 22.5 Å². The predicted molar refractivity (Wildman–Crippen MR) is 103 cm³/mol. The quantitative estimate of drug-likeness (QED) is 0.682. The molecule has 1 aromatic heterocycles. The van der Waals surface area contributed by atoms with Crippen molar-refractivity contribution in [2.75, 3.05) is 11.9 Å². The van der Waals surface area contributed by atoms with E-state index < -0.39 is 0 Å². The number of hydrogen-bond acceptors (Lipinski definition) is 3. The maximum atomic E-state index is 4.62. The standard InChI is InChI=1S/C21H24N4/c1-4-9-15(2)25-21-17-11-6-5-10-16(17)14-24(3)19-13-8-7-12-18(19)20(21)22-23-25/h5-8,10-13,15H,4,9,14H2,1-3H3. The first-order chi connectivity index (χ1) is 12.2. The van der Waals surface area contributed by atoms with Crippen molar-refractivity contribution in [3.05, 3.63) is 54.1 Å². The molecular weight excluding hydrogens is 308 g/mol. The van der Waals surface area contributed by atoms with Gasteiger partial charge in [-0.15, -0.1) is 5.10 Å². The summed E-state index contributed by atoms with van der Waals surface area (Å²) in [5, 5.41) is 9.19. The van der Waals surface area contributed by atoms with Gasteiger partial charge in [0.2, 0.25) is 0 Å². The van der Waals surface area contributed by atoms with E-state index in [1.165, 1.54) is 16.8 Å². The average molecular weight is 332 g/mol. The highest BCUT2D eigenvalue weighted by Crippen LogP contribution is 2.41. The normalized spacial score (nSPS) is 14.1. The third kappa shape index (κ3) is 2.62. The molecule has 25 heavy (non-hydrogen) atoms. The lowest BCUT2D eigenvalue weighted by Gasteiger charge is -2.27. The fourth-order valence-corrected chi connectivity index (χ4v) is 3.81. The molecule has 0 amide bonds. The number of benzene rings is 2. The highest BCUT2D eigenvalue weighted by atomic mass is 15.4. The molecule has 0 saturated heterocycles. The summed E-state index contributed by atoms with van der Waals surface area (Å²) >= 11 is 0. The van der Waals surface area contributed by atoms with Crippen LogP contribution in [0.3, 0.4) is 0 Å². The molecule has 0 fully saturated rings. The first kappa shape index (κ1) is 15.9. The summed E-state index contributed by atoms with van der Waals surface area (Å²) in [6.07, 6.45) is 2.23. The van der Waals surface area contributed by atoms with E-state index >= 15 is 0 Å². The van der Waals surface area contributed by atoms with E-state index in [0.29, 0.717) is 6.04 Å². The Bertz CT molecular complexity index is 896. The summed E-state index contributed by atoms with van der Waals surface area (Å²) in [5.74, 6) is 0. The Kier molecular flexibility index (Phi) is 4.04. The van der Waals surface area contributed by atoms with Gasteiger partial charge in [0.05, 0.1) is 11.7 Å². The van der Waals surface area contributed by atoms with E-state index in [-0.39, 0.29) is 0 Å². The Hall–Kier alpha value is -2.62. The molecule has 128 valence electrons. The zero-order chi connectivity index (χ0) is 17.4. The molecule has 4 heteroatoms. The van der Waals surface area contributed by atoms with E-state index in [1.54, 1.807) is 0 Å². The van der Waals surface area contributed by atoms with Gasteiger partial charge in [0, 0.05) is 30.4 Å². The van der Waals surface area contributed by atoms with Gasteiger partial charge < -0.3 is 4.90 Å². The van der Waals surface area contributed by atoms with Gasteiger partial charge in [0.15, 0.2) is 0 Å². The average Bonchev–Trinajstić information content (AvgIpc) is 3.06. The third-order valence-corrected chi connectivity index (χ3v) is 5.07. The molecule has 1 atom stereocenters. The molecule has 0 N–H and O–H groups in total. The minimum Gasteiger partial charge on any atom is -0.370 e. The van der Waals surface area contributed by atoms with Gasteiger partial charge in [-0.05, 0) is 25.0 Å². The van der Waals surface area contributed by atoms with E-state index in [1.807, 2.05) is 0 Å². The molecule has 4 rings (SSSR count). The van der Waals surface area contributed by atoms with Crippen LogP contribution in [-0.4, -0.2) is 22.0 Å². The van der Waals surface area contributed by atoms with Gasteiger partial charge in [-0.2, -0.15) is 0 Å². The topological polar surface area (TPSA) is 34.0 Å². The predicted octanol–water partition coefficient (Wildman–Crippen LogP) is 4.92. The third-order valence-electron chi connectivity index (χ3n) is 5.07. The molecule has 0 bridgehead atoms. The summed E-state index contributed by atoms with van der Waals surface area (Å²) in [6.45, 7) is 5.33. The van der Waals surface area contributed by atoms with Crippen molar-refractivity contribution in [1.82, 2.24) is 15.0 Å². The van der Waals surface area contributed by atoms with Crippen LogP contribution in [0, 0.1) is 0 Å². The lowest BCUT2D eigenvalue weighted by atomic mass is 9.95. The van der Waals surface area contributed by atoms with Gasteiger partial charge in [-0.1, -0.05) is 61.0 Å². The zero-order valence-corrected chi connectivity index (χ0v) is 15.1. The lowest BCUT2D eigenvalue weighted by Crippen LogP contribution is -2.20. The summed E-state index contributed by atoms with van der Waals surface area (Å²) in [4.78, 5) is 2.30. The first-order valence-corrected chi connectivity index (χ1v) is 9.04. The minimum atomic E-state index is 0.332. The second-order valence-corrected chi connectivity index (χ2v) is 6.90. The molecule has 1 aliphatic heterocycles. The van der Waals surface area contributed by atoms with E-state index in [9.17, 15) is 0 Å². The van der Waals surface area contributed by atoms with Crippen LogP contribution in [0.4, 0.5) is 5.69 Å². The molecule has 0 aliphatic carbocycles. The van der Waals surface area contributed by atoms with Crippen LogP contribution < -0.4 is 4.90 Å². The summed E-state index contributed by atoms with van der Waals surface area (Å²) in [6, 6.07) is 17.5. The molecule has 0 radical (unpaired) electrons. The van der Waals surface area contributed by atoms with Crippen molar-refractivity contribution < 1.29 is 0 Å². The number of hydrogen-bond donors (Lipinski definition) is 0. The van der Waals surface area contributed by atoms with Crippen LogP contribution in [-0.2, 0) is 6.54 Å². The summed E-state index contributed by atoms with van der Waals surface area (Å²) < 4.78 is 2.12.